The van der Waals surface area contributed by atoms with Crippen molar-refractivity contribution in [2.75, 3.05) is 6.54 Å². The summed E-state index contributed by atoms with van der Waals surface area (Å²) < 4.78 is 0. The summed E-state index contributed by atoms with van der Waals surface area (Å²) in [6, 6.07) is 0.630. The van der Waals surface area contributed by atoms with Crippen molar-refractivity contribution in [2.24, 2.45) is 0 Å². The number of nitrogens with one attached hydrogen (secondary N) is 1. The summed E-state index contributed by atoms with van der Waals surface area (Å²) in [6.45, 7) is 5.53. The fraction of sp³-hybridized carbons (Fsp3) is 0.889. The van der Waals surface area contributed by atoms with Gasteiger partial charge in [0.1, 0.15) is 0 Å². The lowest BCUT2D eigenvalue weighted by Crippen LogP contribution is -2.34. The largest absolute Gasteiger partial charge is 0.358 e. The van der Waals surface area contributed by atoms with E-state index in [1.54, 1.807) is 0 Å². The molecule has 0 aromatic carbocycles. The normalized spacial score (nSPS) is 18.5. The molecule has 0 atom stereocenters. The van der Waals surface area contributed by atoms with E-state index in [4.69, 9.17) is 5.41 Å². The second-order valence-electron chi connectivity index (χ2n) is 3.21. The molecule has 1 saturated heterocycles. The van der Waals surface area contributed by atoms with Gasteiger partial charge in [-0.15, -0.1) is 0 Å². The fourth-order valence-electron chi connectivity index (χ4n) is 1.83. The SMILES string of the molecule is CCC(CC)N1CCCC1=N. The smallest absolute Gasteiger partial charge is 0.0960 e. The maximum Gasteiger partial charge on any atom is 0.0960 e. The van der Waals surface area contributed by atoms with Gasteiger partial charge in [-0.25, -0.2) is 0 Å². The second kappa shape index (κ2) is 3.74. The lowest BCUT2D eigenvalue weighted by atomic mass is 10.1. The molecule has 1 N–H and O–H groups in total. The van der Waals surface area contributed by atoms with Crippen LogP contribution in [0.15, 0.2) is 0 Å². The molecule has 2 heteroatoms. The molecule has 1 fully saturated rings. The van der Waals surface area contributed by atoms with Crippen LogP contribution in [0.4, 0.5) is 0 Å². The molecule has 1 rings (SSSR count). The van der Waals surface area contributed by atoms with Crippen molar-refractivity contribution in [3.05, 3.63) is 0 Å². The predicted octanol–water partition coefficient (Wildman–Crippen LogP) is 2.25. The zero-order valence-corrected chi connectivity index (χ0v) is 7.56. The van der Waals surface area contributed by atoms with Gasteiger partial charge >= 0.3 is 0 Å². The maximum absolute atomic E-state index is 7.67. The Kier molecular flexibility index (Phi) is 2.92. The Bertz CT molecular complexity index is 138. The van der Waals surface area contributed by atoms with Gasteiger partial charge in [-0.1, -0.05) is 13.8 Å². The minimum Gasteiger partial charge on any atom is -0.358 e. The molecule has 0 saturated carbocycles. The van der Waals surface area contributed by atoms with Gasteiger partial charge in [0.15, 0.2) is 0 Å². The zero-order valence-electron chi connectivity index (χ0n) is 7.56. The summed E-state index contributed by atoms with van der Waals surface area (Å²) in [7, 11) is 0. The number of nitrogens with zero attached hydrogens (tertiary/aromatic N) is 1. The molecule has 11 heavy (non-hydrogen) atoms. The van der Waals surface area contributed by atoms with Crippen molar-refractivity contribution >= 4 is 5.84 Å². The standard InChI is InChI=1S/C9H18N2/c1-3-8(4-2)11-7-5-6-9(11)10/h8,10H,3-7H2,1-2H3. The van der Waals surface area contributed by atoms with Gasteiger partial charge in [-0.05, 0) is 19.3 Å². The highest BCUT2D eigenvalue weighted by Crippen LogP contribution is 2.17. The molecule has 0 aliphatic carbocycles. The Morgan fingerprint density at radius 2 is 2.09 bits per heavy atom. The van der Waals surface area contributed by atoms with Crippen LogP contribution in [0.1, 0.15) is 39.5 Å². The van der Waals surface area contributed by atoms with Crippen molar-refractivity contribution in [1.82, 2.24) is 4.90 Å². The van der Waals surface area contributed by atoms with E-state index in [1.165, 1.54) is 19.3 Å². The van der Waals surface area contributed by atoms with E-state index in [0.29, 0.717) is 6.04 Å². The third kappa shape index (κ3) is 1.73. The summed E-state index contributed by atoms with van der Waals surface area (Å²) >= 11 is 0. The lowest BCUT2D eigenvalue weighted by Gasteiger charge is -2.27. The fourth-order valence-corrected chi connectivity index (χ4v) is 1.83. The van der Waals surface area contributed by atoms with E-state index in [-0.39, 0.29) is 0 Å². The number of likely N-dealkylation sites (tertiary alicyclic amines) is 1. The van der Waals surface area contributed by atoms with Crippen LogP contribution in [-0.2, 0) is 0 Å². The molecular formula is C9H18N2. The Morgan fingerprint density at radius 1 is 1.45 bits per heavy atom. The van der Waals surface area contributed by atoms with Gasteiger partial charge < -0.3 is 4.90 Å². The minimum absolute atomic E-state index is 0.630. The molecule has 0 amide bonds. The van der Waals surface area contributed by atoms with Gasteiger partial charge in [0.25, 0.3) is 0 Å². The van der Waals surface area contributed by atoms with Gasteiger partial charge in [-0.3, -0.25) is 5.41 Å². The average Bonchev–Trinajstić information content (AvgIpc) is 2.40. The predicted molar refractivity (Wildman–Crippen MR) is 48.0 cm³/mol. The topological polar surface area (TPSA) is 27.1 Å². The molecule has 0 unspecified atom stereocenters. The van der Waals surface area contributed by atoms with E-state index < -0.39 is 0 Å². The van der Waals surface area contributed by atoms with E-state index in [2.05, 4.69) is 18.7 Å². The Balaban J connectivity index is 2.49. The molecule has 0 aromatic rings. The molecule has 64 valence electrons. The molecule has 2 nitrogen and oxygen atoms in total. The van der Waals surface area contributed by atoms with Crippen molar-refractivity contribution < 1.29 is 0 Å². The van der Waals surface area contributed by atoms with E-state index in [9.17, 15) is 0 Å². The summed E-state index contributed by atoms with van der Waals surface area (Å²) in [5.41, 5.74) is 0. The van der Waals surface area contributed by atoms with Gasteiger partial charge in [0, 0.05) is 19.0 Å². The highest BCUT2D eigenvalue weighted by Gasteiger charge is 2.22. The number of hydrogen-bond acceptors (Lipinski definition) is 1. The molecule has 1 aliphatic rings. The maximum atomic E-state index is 7.67. The van der Waals surface area contributed by atoms with Crippen LogP contribution in [-0.4, -0.2) is 23.3 Å². The third-order valence-electron chi connectivity index (χ3n) is 2.54. The number of amidine groups is 1. The van der Waals surface area contributed by atoms with Crippen LogP contribution < -0.4 is 0 Å². The zero-order chi connectivity index (χ0) is 8.27. The first-order valence-electron chi connectivity index (χ1n) is 4.63. The molecular weight excluding hydrogens is 136 g/mol. The van der Waals surface area contributed by atoms with Crippen LogP contribution in [0.3, 0.4) is 0 Å². The van der Waals surface area contributed by atoms with E-state index in [1.807, 2.05) is 0 Å². The average molecular weight is 154 g/mol. The van der Waals surface area contributed by atoms with Crippen molar-refractivity contribution in [1.29, 1.82) is 5.41 Å². The van der Waals surface area contributed by atoms with Crippen molar-refractivity contribution in [2.45, 2.75) is 45.6 Å². The van der Waals surface area contributed by atoms with Crippen LogP contribution in [0.25, 0.3) is 0 Å². The van der Waals surface area contributed by atoms with Gasteiger partial charge in [-0.2, -0.15) is 0 Å². The molecule has 0 aromatic heterocycles. The highest BCUT2D eigenvalue weighted by molar-refractivity contribution is 5.81. The highest BCUT2D eigenvalue weighted by atomic mass is 15.2. The lowest BCUT2D eigenvalue weighted by molar-refractivity contribution is 0.314. The van der Waals surface area contributed by atoms with Crippen LogP contribution in [0, 0.1) is 5.41 Å². The monoisotopic (exact) mass is 154 g/mol. The Hall–Kier alpha value is -0.530. The Morgan fingerprint density at radius 3 is 2.45 bits per heavy atom. The van der Waals surface area contributed by atoms with Gasteiger partial charge in [0.2, 0.25) is 0 Å². The van der Waals surface area contributed by atoms with E-state index >= 15 is 0 Å². The molecule has 1 heterocycles. The number of hydrogen-bond donors (Lipinski definition) is 1. The van der Waals surface area contributed by atoms with Crippen LogP contribution in [0.5, 0.6) is 0 Å². The van der Waals surface area contributed by atoms with Crippen molar-refractivity contribution in [3.8, 4) is 0 Å². The molecule has 1 aliphatic heterocycles. The van der Waals surface area contributed by atoms with Crippen LogP contribution >= 0.6 is 0 Å². The first kappa shape index (κ1) is 8.57. The minimum atomic E-state index is 0.630. The summed E-state index contributed by atoms with van der Waals surface area (Å²) in [4.78, 5) is 2.26. The Labute approximate surface area is 69.1 Å². The summed E-state index contributed by atoms with van der Waals surface area (Å²) in [5.74, 6) is 0.860. The van der Waals surface area contributed by atoms with Crippen LogP contribution in [0.2, 0.25) is 0 Å². The molecule has 0 bridgehead atoms. The third-order valence-corrected chi connectivity index (χ3v) is 2.54. The van der Waals surface area contributed by atoms with Gasteiger partial charge in [0.05, 0.1) is 5.84 Å². The number of rotatable bonds is 3. The first-order chi connectivity index (χ1) is 5.29. The van der Waals surface area contributed by atoms with Crippen molar-refractivity contribution in [3.63, 3.8) is 0 Å². The second-order valence-corrected chi connectivity index (χ2v) is 3.21. The first-order valence-corrected chi connectivity index (χ1v) is 4.63. The quantitative estimate of drug-likeness (QED) is 0.663. The van der Waals surface area contributed by atoms with E-state index in [0.717, 1.165) is 18.8 Å². The molecule has 0 radical (unpaired) electrons. The summed E-state index contributed by atoms with van der Waals surface area (Å²) in [5, 5.41) is 7.67. The molecule has 0 spiro atoms. The summed E-state index contributed by atoms with van der Waals surface area (Å²) in [6.07, 6.45) is 4.55.